The van der Waals surface area contributed by atoms with Crippen molar-refractivity contribution in [2.45, 2.75) is 23.6 Å². The Labute approximate surface area is 319 Å². The Kier molecular flexibility index (Phi) is 8.21. The minimum atomic E-state index is -0.841. The van der Waals surface area contributed by atoms with Crippen LogP contribution in [0.3, 0.4) is 0 Å². The van der Waals surface area contributed by atoms with Gasteiger partial charge in [-0.05, 0) is 69.5 Å². The second-order valence-electron chi connectivity index (χ2n) is 13.9. The van der Waals surface area contributed by atoms with E-state index in [2.05, 4.69) is 200 Å². The van der Waals surface area contributed by atoms with Crippen LogP contribution < -0.4 is 0 Å². The van der Waals surface area contributed by atoms with Crippen molar-refractivity contribution >= 4 is 15.9 Å². The van der Waals surface area contributed by atoms with Crippen LogP contribution in [0.15, 0.2) is 182 Å². The van der Waals surface area contributed by atoms with Crippen LogP contribution >= 0.6 is 15.9 Å². The summed E-state index contributed by atoms with van der Waals surface area (Å²) in [6.07, 6.45) is 0. The average molecular weight is 747 g/mol. The third-order valence-corrected chi connectivity index (χ3v) is 11.5. The van der Waals surface area contributed by atoms with Crippen molar-refractivity contribution in [1.82, 2.24) is 15.0 Å². The van der Waals surface area contributed by atoms with Gasteiger partial charge < -0.3 is 0 Å². The zero-order valence-electron chi connectivity index (χ0n) is 29.5. The molecule has 3 nitrogen and oxygen atoms in total. The standard InChI is InChI=1S/C49H36BrN3/c1-33-15-9-10-20-40(33)49(43-23-13-11-21-41(43)48(2,50)42-22-12-14-24-44(42)49)47-52-45(38-29-25-36(26-30-38)34-16-5-3-6-17-34)51-46(53-47)39-31-27-37(28-32-39)35-18-7-4-8-19-35/h3-32H,1-2H3. The average Bonchev–Trinajstić information content (AvgIpc) is 3.22. The smallest absolute Gasteiger partial charge is 0.163 e. The van der Waals surface area contributed by atoms with Crippen LogP contribution in [0.25, 0.3) is 45.0 Å². The first-order chi connectivity index (χ1) is 25.9. The molecule has 0 saturated carbocycles. The molecule has 53 heavy (non-hydrogen) atoms. The molecule has 1 aliphatic carbocycles. The fraction of sp³-hybridized carbons (Fsp3) is 0.0816. The van der Waals surface area contributed by atoms with E-state index >= 15 is 0 Å². The quantitative estimate of drug-likeness (QED) is 0.159. The van der Waals surface area contributed by atoms with E-state index in [0.29, 0.717) is 17.5 Å². The molecule has 0 atom stereocenters. The maximum atomic E-state index is 5.52. The van der Waals surface area contributed by atoms with Crippen molar-refractivity contribution in [3.63, 3.8) is 0 Å². The minimum absolute atomic E-state index is 0.425. The summed E-state index contributed by atoms with van der Waals surface area (Å²) in [4.78, 5) is 16.3. The largest absolute Gasteiger partial charge is 0.211 e. The van der Waals surface area contributed by atoms with Crippen molar-refractivity contribution in [3.05, 3.63) is 221 Å². The summed E-state index contributed by atoms with van der Waals surface area (Å²) in [5, 5.41) is 0. The summed E-state index contributed by atoms with van der Waals surface area (Å²) in [6, 6.07) is 64.2. The maximum absolute atomic E-state index is 5.52. The van der Waals surface area contributed by atoms with Gasteiger partial charge in [-0.25, -0.2) is 15.0 Å². The summed E-state index contributed by atoms with van der Waals surface area (Å²) < 4.78 is -0.425. The summed E-state index contributed by atoms with van der Waals surface area (Å²) in [7, 11) is 0. The van der Waals surface area contributed by atoms with Crippen molar-refractivity contribution in [3.8, 4) is 45.0 Å². The van der Waals surface area contributed by atoms with Gasteiger partial charge in [-0.15, -0.1) is 0 Å². The molecule has 0 unspecified atom stereocenters. The van der Waals surface area contributed by atoms with Gasteiger partial charge in [0.2, 0.25) is 0 Å². The van der Waals surface area contributed by atoms with Gasteiger partial charge in [0.1, 0.15) is 5.41 Å². The van der Waals surface area contributed by atoms with E-state index in [4.69, 9.17) is 15.0 Å². The Morgan fingerprint density at radius 1 is 0.358 bits per heavy atom. The van der Waals surface area contributed by atoms with Gasteiger partial charge >= 0.3 is 0 Å². The normalized spacial score (nSPS) is 17.5. The van der Waals surface area contributed by atoms with Crippen LogP contribution in [0.4, 0.5) is 0 Å². The number of alkyl halides is 1. The molecule has 0 N–H and O–H groups in total. The summed E-state index contributed by atoms with van der Waals surface area (Å²) in [5.74, 6) is 1.95. The van der Waals surface area contributed by atoms with E-state index in [9.17, 15) is 0 Å². The Hall–Kier alpha value is -5.97. The molecule has 254 valence electrons. The topological polar surface area (TPSA) is 38.7 Å². The Morgan fingerprint density at radius 2 is 0.698 bits per heavy atom. The van der Waals surface area contributed by atoms with Crippen LogP contribution in [0.2, 0.25) is 0 Å². The molecule has 0 radical (unpaired) electrons. The molecule has 8 aromatic rings. The van der Waals surface area contributed by atoms with Crippen molar-refractivity contribution in [1.29, 1.82) is 0 Å². The first-order valence-corrected chi connectivity index (χ1v) is 18.8. The van der Waals surface area contributed by atoms with E-state index < -0.39 is 9.74 Å². The van der Waals surface area contributed by atoms with Crippen LogP contribution in [-0.4, -0.2) is 15.0 Å². The predicted octanol–water partition coefficient (Wildman–Crippen LogP) is 12.2. The zero-order chi connectivity index (χ0) is 36.0. The lowest BCUT2D eigenvalue weighted by molar-refractivity contribution is 0.612. The van der Waals surface area contributed by atoms with Gasteiger partial charge in [0.05, 0.1) is 4.32 Å². The number of nitrogens with zero attached hydrogens (tertiary/aromatic N) is 3. The number of aromatic nitrogens is 3. The highest BCUT2D eigenvalue weighted by Crippen LogP contribution is 2.57. The predicted molar refractivity (Wildman–Crippen MR) is 220 cm³/mol. The number of hydrogen-bond acceptors (Lipinski definition) is 3. The van der Waals surface area contributed by atoms with Crippen LogP contribution in [-0.2, 0) is 9.74 Å². The molecule has 0 fully saturated rings. The summed E-state index contributed by atoms with van der Waals surface area (Å²) in [6.45, 7) is 4.44. The van der Waals surface area contributed by atoms with Crippen molar-refractivity contribution in [2.24, 2.45) is 0 Å². The highest BCUT2D eigenvalue weighted by atomic mass is 79.9. The minimum Gasteiger partial charge on any atom is -0.211 e. The maximum Gasteiger partial charge on any atom is 0.163 e. The van der Waals surface area contributed by atoms with E-state index in [1.165, 1.54) is 27.8 Å². The summed E-state index contributed by atoms with van der Waals surface area (Å²) >= 11 is 4.21. The van der Waals surface area contributed by atoms with Crippen molar-refractivity contribution < 1.29 is 0 Å². The molecule has 0 saturated heterocycles. The van der Waals surface area contributed by atoms with E-state index in [-0.39, 0.29) is 0 Å². The monoisotopic (exact) mass is 745 g/mol. The molecule has 1 aromatic heterocycles. The molecule has 0 bridgehead atoms. The fourth-order valence-electron chi connectivity index (χ4n) is 8.06. The Morgan fingerprint density at radius 3 is 1.13 bits per heavy atom. The van der Waals surface area contributed by atoms with Gasteiger partial charge in [0.25, 0.3) is 0 Å². The highest BCUT2D eigenvalue weighted by molar-refractivity contribution is 9.09. The van der Waals surface area contributed by atoms with E-state index in [0.717, 1.165) is 38.9 Å². The second kappa shape index (κ2) is 13.2. The molecule has 1 aliphatic rings. The Balaban J connectivity index is 1.34. The van der Waals surface area contributed by atoms with Gasteiger partial charge in [-0.1, -0.05) is 198 Å². The van der Waals surface area contributed by atoms with Gasteiger partial charge in [0.15, 0.2) is 17.5 Å². The van der Waals surface area contributed by atoms with Crippen LogP contribution in [0.5, 0.6) is 0 Å². The SMILES string of the molecule is Cc1ccccc1C1(c2nc(-c3ccc(-c4ccccc4)cc3)nc(-c3ccc(-c4ccccc4)cc3)n2)c2ccccc2C(C)(Br)c2ccccc21. The number of fused-ring (bicyclic) bond motifs is 2. The number of aryl methyl sites for hydroxylation is 1. The molecule has 4 heteroatoms. The molecule has 0 amide bonds. The van der Waals surface area contributed by atoms with Gasteiger partial charge in [0, 0.05) is 11.1 Å². The molecule has 1 heterocycles. The second-order valence-corrected chi connectivity index (χ2v) is 15.4. The Bertz CT molecular complexity index is 2430. The third kappa shape index (κ3) is 5.53. The first-order valence-electron chi connectivity index (χ1n) is 18.0. The van der Waals surface area contributed by atoms with E-state index in [1.807, 2.05) is 12.1 Å². The van der Waals surface area contributed by atoms with Crippen molar-refractivity contribution in [2.75, 3.05) is 0 Å². The van der Waals surface area contributed by atoms with Crippen LogP contribution in [0, 0.1) is 6.92 Å². The lowest BCUT2D eigenvalue weighted by atomic mass is 9.59. The first kappa shape index (κ1) is 32.9. The molecular weight excluding hydrogens is 710 g/mol. The number of hydrogen-bond donors (Lipinski definition) is 0. The molecule has 9 rings (SSSR count). The fourth-order valence-corrected chi connectivity index (χ4v) is 8.75. The van der Waals surface area contributed by atoms with E-state index in [1.54, 1.807) is 0 Å². The lowest BCUT2D eigenvalue weighted by Gasteiger charge is -2.46. The number of halogens is 1. The molecular formula is C49H36BrN3. The van der Waals surface area contributed by atoms with Gasteiger partial charge in [-0.2, -0.15) is 0 Å². The molecule has 7 aromatic carbocycles. The van der Waals surface area contributed by atoms with Crippen LogP contribution in [0.1, 0.15) is 46.1 Å². The lowest BCUT2D eigenvalue weighted by Crippen LogP contribution is -2.42. The zero-order valence-corrected chi connectivity index (χ0v) is 31.1. The number of benzene rings is 7. The molecule has 0 spiro atoms. The number of rotatable bonds is 6. The third-order valence-electron chi connectivity index (χ3n) is 10.7. The summed E-state index contributed by atoms with van der Waals surface area (Å²) in [5.41, 5.74) is 12.6. The highest BCUT2D eigenvalue weighted by Gasteiger charge is 2.52. The van der Waals surface area contributed by atoms with Gasteiger partial charge in [-0.3, -0.25) is 0 Å². The molecule has 0 aliphatic heterocycles.